The first-order valence-corrected chi connectivity index (χ1v) is 10.9. The van der Waals surface area contributed by atoms with Gasteiger partial charge in [-0.1, -0.05) is 12.1 Å². The van der Waals surface area contributed by atoms with Gasteiger partial charge < -0.3 is 29.0 Å². The molecule has 0 spiro atoms. The first-order valence-electron chi connectivity index (χ1n) is 10.0. The maximum atomic E-state index is 13.1. The molecule has 1 aromatic heterocycles. The molecule has 1 heterocycles. The van der Waals surface area contributed by atoms with Crippen LogP contribution in [0, 0.1) is 0 Å². The molecule has 0 radical (unpaired) electrons. The van der Waals surface area contributed by atoms with Crippen molar-refractivity contribution in [2.75, 3.05) is 40.4 Å². The molecule has 0 aliphatic rings. The van der Waals surface area contributed by atoms with Gasteiger partial charge in [-0.2, -0.15) is 0 Å². The number of anilines is 1. The smallest absolute Gasteiger partial charge is 0.341 e. The lowest BCUT2D eigenvalue weighted by Gasteiger charge is -2.14. The first kappa shape index (κ1) is 23.9. The van der Waals surface area contributed by atoms with E-state index in [2.05, 4.69) is 5.32 Å². The molecule has 0 bridgehead atoms. The fraction of sp³-hybridized carbons (Fsp3) is 0.250. The number of ether oxygens (including phenoxy) is 5. The van der Waals surface area contributed by atoms with E-state index >= 15 is 0 Å². The van der Waals surface area contributed by atoms with Crippen molar-refractivity contribution in [2.45, 2.75) is 6.92 Å². The molecule has 1 N–H and O–H groups in total. The van der Waals surface area contributed by atoms with Gasteiger partial charge in [0.2, 0.25) is 5.75 Å². The van der Waals surface area contributed by atoms with E-state index in [9.17, 15) is 9.59 Å². The Morgan fingerprint density at radius 2 is 1.58 bits per heavy atom. The van der Waals surface area contributed by atoms with Crippen LogP contribution in [0.2, 0.25) is 0 Å². The van der Waals surface area contributed by atoms with Gasteiger partial charge in [0.1, 0.15) is 16.3 Å². The Morgan fingerprint density at radius 3 is 2.09 bits per heavy atom. The molecule has 0 saturated carbocycles. The van der Waals surface area contributed by atoms with Crippen LogP contribution in [0.15, 0.2) is 41.8 Å². The third kappa shape index (κ3) is 5.04. The highest BCUT2D eigenvalue weighted by molar-refractivity contribution is 7.15. The van der Waals surface area contributed by atoms with Crippen molar-refractivity contribution in [3.8, 4) is 34.1 Å². The van der Waals surface area contributed by atoms with Crippen LogP contribution in [-0.2, 0) is 4.74 Å². The first-order chi connectivity index (χ1) is 16.0. The number of thiophene rings is 1. The molecule has 0 aliphatic heterocycles. The van der Waals surface area contributed by atoms with Crippen LogP contribution in [0.4, 0.5) is 5.00 Å². The van der Waals surface area contributed by atoms with E-state index in [0.717, 1.165) is 11.3 Å². The molecule has 0 fully saturated rings. The number of amides is 1. The Hall–Kier alpha value is -3.72. The normalized spacial score (nSPS) is 10.3. The summed E-state index contributed by atoms with van der Waals surface area (Å²) in [5, 5.41) is 4.97. The number of hydrogen-bond acceptors (Lipinski definition) is 8. The molecular weight excluding hydrogens is 446 g/mol. The Morgan fingerprint density at radius 1 is 0.939 bits per heavy atom. The van der Waals surface area contributed by atoms with Gasteiger partial charge in [0, 0.05) is 16.5 Å². The summed E-state index contributed by atoms with van der Waals surface area (Å²) in [5.41, 5.74) is 1.99. The fourth-order valence-electron chi connectivity index (χ4n) is 3.25. The van der Waals surface area contributed by atoms with Gasteiger partial charge in [0.25, 0.3) is 5.91 Å². The quantitative estimate of drug-likeness (QED) is 0.445. The number of hydrogen-bond donors (Lipinski definition) is 1. The molecule has 0 atom stereocenters. The zero-order chi connectivity index (χ0) is 24.0. The van der Waals surface area contributed by atoms with Crippen LogP contribution in [0.1, 0.15) is 27.6 Å². The van der Waals surface area contributed by atoms with Crippen molar-refractivity contribution in [3.05, 3.63) is 52.9 Å². The minimum absolute atomic E-state index is 0.271. The molecular formula is C24H25NO7S. The molecule has 0 aliphatic carbocycles. The number of carbonyl (C=O) groups excluding carboxylic acids is 2. The number of benzene rings is 2. The highest BCUT2D eigenvalue weighted by Gasteiger charge is 2.24. The van der Waals surface area contributed by atoms with Crippen molar-refractivity contribution >= 4 is 28.2 Å². The topological polar surface area (TPSA) is 92.3 Å². The number of methoxy groups -OCH3 is 4. The van der Waals surface area contributed by atoms with Crippen LogP contribution in [0.25, 0.3) is 11.1 Å². The van der Waals surface area contributed by atoms with Crippen LogP contribution in [0.3, 0.4) is 0 Å². The van der Waals surface area contributed by atoms with Crippen LogP contribution in [-0.4, -0.2) is 46.9 Å². The number of esters is 1. The van der Waals surface area contributed by atoms with Crippen molar-refractivity contribution in [1.82, 2.24) is 0 Å². The monoisotopic (exact) mass is 471 g/mol. The van der Waals surface area contributed by atoms with E-state index in [4.69, 9.17) is 23.7 Å². The average Bonchev–Trinajstić information content (AvgIpc) is 3.26. The summed E-state index contributed by atoms with van der Waals surface area (Å²) in [5.74, 6) is 0.792. The van der Waals surface area contributed by atoms with Crippen LogP contribution >= 0.6 is 11.3 Å². The summed E-state index contributed by atoms with van der Waals surface area (Å²) in [7, 11) is 5.72. The van der Waals surface area contributed by atoms with Gasteiger partial charge in [-0.15, -0.1) is 11.3 Å². The lowest BCUT2D eigenvalue weighted by atomic mass is 10.0. The molecule has 9 heteroatoms. The maximum absolute atomic E-state index is 13.1. The second-order valence-corrected chi connectivity index (χ2v) is 7.55. The Bertz CT molecular complexity index is 1110. The summed E-state index contributed by atoms with van der Waals surface area (Å²) >= 11 is 1.23. The molecule has 3 aromatic rings. The fourth-order valence-corrected chi connectivity index (χ4v) is 4.20. The average molecular weight is 472 g/mol. The van der Waals surface area contributed by atoms with E-state index in [0.29, 0.717) is 34.4 Å². The van der Waals surface area contributed by atoms with E-state index in [1.807, 2.05) is 31.2 Å². The maximum Gasteiger partial charge on any atom is 0.341 e. The van der Waals surface area contributed by atoms with E-state index in [1.165, 1.54) is 51.9 Å². The zero-order valence-electron chi connectivity index (χ0n) is 19.0. The molecule has 174 valence electrons. The molecule has 8 nitrogen and oxygen atoms in total. The summed E-state index contributed by atoms with van der Waals surface area (Å²) in [6.45, 7) is 2.47. The molecule has 0 saturated heterocycles. The van der Waals surface area contributed by atoms with Crippen LogP contribution < -0.4 is 24.3 Å². The van der Waals surface area contributed by atoms with Gasteiger partial charge in [-0.25, -0.2) is 4.79 Å². The highest BCUT2D eigenvalue weighted by Crippen LogP contribution is 2.40. The molecule has 1 amide bonds. The van der Waals surface area contributed by atoms with E-state index in [1.54, 1.807) is 5.38 Å². The standard InChI is InChI=1S/C24H25NO7S/c1-6-32-16-9-7-14(8-10-16)17-13-33-23(20(17)24(27)31-5)25-22(26)15-11-18(28-2)21(30-4)19(12-15)29-3/h7-13H,6H2,1-5H3,(H,25,26). The minimum Gasteiger partial charge on any atom is -0.494 e. The minimum atomic E-state index is -0.555. The van der Waals surface area contributed by atoms with E-state index in [-0.39, 0.29) is 11.1 Å². The summed E-state index contributed by atoms with van der Waals surface area (Å²) in [6, 6.07) is 10.4. The largest absolute Gasteiger partial charge is 0.494 e. The summed E-state index contributed by atoms with van der Waals surface area (Å²) < 4.78 is 26.4. The Labute approximate surface area is 196 Å². The van der Waals surface area contributed by atoms with Gasteiger partial charge in [0.15, 0.2) is 11.5 Å². The molecule has 0 unspecified atom stereocenters. The van der Waals surface area contributed by atoms with Crippen molar-refractivity contribution < 1.29 is 33.3 Å². The second kappa shape index (κ2) is 10.7. The van der Waals surface area contributed by atoms with Crippen LogP contribution in [0.5, 0.6) is 23.0 Å². The summed E-state index contributed by atoms with van der Waals surface area (Å²) in [6.07, 6.45) is 0. The van der Waals surface area contributed by atoms with Crippen molar-refractivity contribution in [3.63, 3.8) is 0 Å². The van der Waals surface area contributed by atoms with Gasteiger partial charge in [-0.05, 0) is 36.8 Å². The van der Waals surface area contributed by atoms with E-state index < -0.39 is 11.9 Å². The highest BCUT2D eigenvalue weighted by atomic mass is 32.1. The van der Waals surface area contributed by atoms with Crippen molar-refractivity contribution in [1.29, 1.82) is 0 Å². The zero-order valence-corrected chi connectivity index (χ0v) is 19.8. The molecule has 3 rings (SSSR count). The lowest BCUT2D eigenvalue weighted by molar-refractivity contribution is 0.0603. The third-order valence-corrected chi connectivity index (χ3v) is 5.71. The predicted molar refractivity (Wildman–Crippen MR) is 126 cm³/mol. The number of rotatable bonds is 9. The predicted octanol–water partition coefficient (Wildman–Crippen LogP) is 4.88. The Kier molecular flexibility index (Phi) is 7.78. The Balaban J connectivity index is 1.97. The molecule has 33 heavy (non-hydrogen) atoms. The van der Waals surface area contributed by atoms with Gasteiger partial charge in [0.05, 0.1) is 35.0 Å². The third-order valence-electron chi connectivity index (χ3n) is 4.81. The second-order valence-electron chi connectivity index (χ2n) is 6.67. The van der Waals surface area contributed by atoms with Gasteiger partial charge >= 0.3 is 5.97 Å². The molecule has 2 aromatic carbocycles. The number of carbonyl (C=O) groups is 2. The lowest BCUT2D eigenvalue weighted by Crippen LogP contribution is -2.14. The number of nitrogens with one attached hydrogen (secondary N) is 1. The van der Waals surface area contributed by atoms with Gasteiger partial charge in [-0.3, -0.25) is 4.79 Å². The summed E-state index contributed by atoms with van der Waals surface area (Å²) in [4.78, 5) is 25.7. The SMILES string of the molecule is CCOc1ccc(-c2csc(NC(=O)c3cc(OC)c(OC)c(OC)c3)c2C(=O)OC)cc1. The van der Waals surface area contributed by atoms with Crippen molar-refractivity contribution in [2.24, 2.45) is 0 Å².